The molecule has 0 saturated carbocycles. The van der Waals surface area contributed by atoms with Gasteiger partial charge in [0, 0.05) is 12.6 Å². The van der Waals surface area contributed by atoms with E-state index in [1.54, 1.807) is 11.3 Å². The third kappa shape index (κ3) is 3.59. The summed E-state index contributed by atoms with van der Waals surface area (Å²) in [6.45, 7) is 7.64. The van der Waals surface area contributed by atoms with Gasteiger partial charge in [-0.25, -0.2) is 0 Å². The van der Waals surface area contributed by atoms with Crippen LogP contribution in [0.2, 0.25) is 0 Å². The molecule has 1 aromatic rings. The van der Waals surface area contributed by atoms with Crippen LogP contribution in [0.3, 0.4) is 0 Å². The topological polar surface area (TPSA) is 29.3 Å². The third-order valence-electron chi connectivity index (χ3n) is 2.51. The second-order valence-electron chi connectivity index (χ2n) is 4.69. The Kier molecular flexibility index (Phi) is 4.77. The average molecular weight is 226 g/mol. The number of nitrogens with two attached hydrogens (primary N) is 1. The summed E-state index contributed by atoms with van der Waals surface area (Å²) in [6.07, 6.45) is 0. The Morgan fingerprint density at radius 1 is 1.40 bits per heavy atom. The highest BCUT2D eigenvalue weighted by Gasteiger charge is 2.21. The lowest BCUT2D eigenvalue weighted by molar-refractivity contribution is 0.197. The number of nitrogens with zero attached hydrogens (tertiary/aromatic N) is 1. The van der Waals surface area contributed by atoms with Crippen molar-refractivity contribution in [3.63, 3.8) is 0 Å². The lowest BCUT2D eigenvalue weighted by Crippen LogP contribution is -2.38. The first-order chi connectivity index (χ1) is 7.02. The Labute approximate surface area is 97.1 Å². The smallest absolute Gasteiger partial charge is 0.0501 e. The second kappa shape index (κ2) is 5.64. The van der Waals surface area contributed by atoms with Crippen LogP contribution < -0.4 is 5.73 Å². The molecule has 0 aliphatic rings. The maximum Gasteiger partial charge on any atom is 0.0501 e. The summed E-state index contributed by atoms with van der Waals surface area (Å²) >= 11 is 1.74. The van der Waals surface area contributed by atoms with Gasteiger partial charge in [0.25, 0.3) is 0 Å². The normalized spacial score (nSPS) is 15.9. The Bertz CT molecular complexity index is 267. The van der Waals surface area contributed by atoms with Gasteiger partial charge in [-0.3, -0.25) is 4.90 Å². The quantitative estimate of drug-likeness (QED) is 0.836. The first kappa shape index (κ1) is 12.7. The van der Waals surface area contributed by atoms with Crippen LogP contribution in [0.1, 0.15) is 32.4 Å². The molecule has 2 unspecified atom stereocenters. The minimum absolute atomic E-state index is 0.170. The fraction of sp³-hybridized carbons (Fsp3) is 0.667. The van der Waals surface area contributed by atoms with Crippen LogP contribution in [0.5, 0.6) is 0 Å². The SMILES string of the molecule is CC(C)CN(C)C(c1ccsc1)C(C)N. The fourth-order valence-electron chi connectivity index (χ4n) is 2.09. The average Bonchev–Trinajstić information content (AvgIpc) is 2.54. The number of thiophene rings is 1. The third-order valence-corrected chi connectivity index (χ3v) is 3.21. The molecule has 0 radical (unpaired) electrons. The monoisotopic (exact) mass is 226 g/mol. The molecule has 86 valence electrons. The molecule has 0 saturated heterocycles. The summed E-state index contributed by atoms with van der Waals surface area (Å²) in [6, 6.07) is 2.69. The fourth-order valence-corrected chi connectivity index (χ4v) is 2.78. The highest BCUT2D eigenvalue weighted by Crippen LogP contribution is 2.24. The molecule has 0 spiro atoms. The van der Waals surface area contributed by atoms with E-state index in [4.69, 9.17) is 5.73 Å². The van der Waals surface area contributed by atoms with Gasteiger partial charge in [-0.2, -0.15) is 11.3 Å². The van der Waals surface area contributed by atoms with E-state index in [-0.39, 0.29) is 6.04 Å². The summed E-state index contributed by atoms with van der Waals surface area (Å²) in [5.74, 6) is 0.676. The lowest BCUT2D eigenvalue weighted by atomic mass is 10.0. The first-order valence-electron chi connectivity index (χ1n) is 5.50. The molecule has 0 bridgehead atoms. The van der Waals surface area contributed by atoms with Gasteiger partial charge < -0.3 is 5.73 Å². The zero-order chi connectivity index (χ0) is 11.4. The first-order valence-corrected chi connectivity index (χ1v) is 6.44. The van der Waals surface area contributed by atoms with E-state index in [0.29, 0.717) is 12.0 Å². The molecule has 1 heterocycles. The molecule has 2 nitrogen and oxygen atoms in total. The van der Waals surface area contributed by atoms with E-state index in [1.165, 1.54) is 5.56 Å². The maximum absolute atomic E-state index is 6.07. The van der Waals surface area contributed by atoms with E-state index in [9.17, 15) is 0 Å². The second-order valence-corrected chi connectivity index (χ2v) is 5.47. The van der Waals surface area contributed by atoms with Crippen molar-refractivity contribution in [3.8, 4) is 0 Å². The van der Waals surface area contributed by atoms with E-state index in [0.717, 1.165) is 6.54 Å². The molecule has 1 aromatic heterocycles. The van der Waals surface area contributed by atoms with Crippen molar-refractivity contribution in [2.75, 3.05) is 13.6 Å². The van der Waals surface area contributed by atoms with Crippen molar-refractivity contribution in [1.82, 2.24) is 4.90 Å². The standard InChI is InChI=1S/C12H22N2S/c1-9(2)7-14(4)12(10(3)13)11-5-6-15-8-11/h5-6,8-10,12H,7,13H2,1-4H3. The molecule has 0 aliphatic carbocycles. The molecule has 15 heavy (non-hydrogen) atoms. The van der Waals surface area contributed by atoms with Crippen molar-refractivity contribution in [3.05, 3.63) is 22.4 Å². The van der Waals surface area contributed by atoms with Crippen LogP contribution in [-0.4, -0.2) is 24.5 Å². The number of likely N-dealkylation sites (N-methyl/N-ethyl adjacent to an activating group) is 1. The number of hydrogen-bond donors (Lipinski definition) is 1. The molecule has 0 aliphatic heterocycles. The summed E-state index contributed by atoms with van der Waals surface area (Å²) < 4.78 is 0. The van der Waals surface area contributed by atoms with Gasteiger partial charge in [0.15, 0.2) is 0 Å². The number of rotatable bonds is 5. The Morgan fingerprint density at radius 2 is 2.07 bits per heavy atom. The lowest BCUT2D eigenvalue weighted by Gasteiger charge is -2.31. The zero-order valence-electron chi connectivity index (χ0n) is 10.1. The van der Waals surface area contributed by atoms with Gasteiger partial charge in [-0.1, -0.05) is 13.8 Å². The number of hydrogen-bond acceptors (Lipinski definition) is 3. The van der Waals surface area contributed by atoms with Gasteiger partial charge >= 0.3 is 0 Å². The van der Waals surface area contributed by atoms with E-state index in [2.05, 4.69) is 49.5 Å². The molecule has 0 amide bonds. The Morgan fingerprint density at radius 3 is 2.47 bits per heavy atom. The minimum Gasteiger partial charge on any atom is -0.326 e. The largest absolute Gasteiger partial charge is 0.326 e. The van der Waals surface area contributed by atoms with Crippen LogP contribution >= 0.6 is 11.3 Å². The molecule has 0 fully saturated rings. The van der Waals surface area contributed by atoms with Crippen LogP contribution in [0.25, 0.3) is 0 Å². The van der Waals surface area contributed by atoms with Crippen LogP contribution in [0, 0.1) is 5.92 Å². The summed E-state index contributed by atoms with van der Waals surface area (Å²) in [5, 5.41) is 4.32. The van der Waals surface area contributed by atoms with Gasteiger partial charge in [-0.15, -0.1) is 0 Å². The van der Waals surface area contributed by atoms with Gasteiger partial charge in [0.1, 0.15) is 0 Å². The molecule has 3 heteroatoms. The molecule has 2 N–H and O–H groups in total. The van der Waals surface area contributed by atoms with Crippen molar-refractivity contribution in [1.29, 1.82) is 0 Å². The van der Waals surface area contributed by atoms with Crippen LogP contribution in [0.15, 0.2) is 16.8 Å². The van der Waals surface area contributed by atoms with Crippen molar-refractivity contribution >= 4 is 11.3 Å². The Balaban J connectivity index is 2.74. The van der Waals surface area contributed by atoms with Gasteiger partial charge in [-0.05, 0) is 42.3 Å². The maximum atomic E-state index is 6.07. The summed E-state index contributed by atoms with van der Waals surface area (Å²) in [4.78, 5) is 2.36. The van der Waals surface area contributed by atoms with E-state index >= 15 is 0 Å². The van der Waals surface area contributed by atoms with E-state index < -0.39 is 0 Å². The highest BCUT2D eigenvalue weighted by molar-refractivity contribution is 7.07. The van der Waals surface area contributed by atoms with Crippen LogP contribution in [0.4, 0.5) is 0 Å². The van der Waals surface area contributed by atoms with E-state index in [1.807, 2.05) is 0 Å². The Hall–Kier alpha value is -0.380. The molecular formula is C12H22N2S. The predicted molar refractivity (Wildman–Crippen MR) is 68.2 cm³/mol. The van der Waals surface area contributed by atoms with Gasteiger partial charge in [0.05, 0.1) is 6.04 Å². The minimum atomic E-state index is 0.170. The van der Waals surface area contributed by atoms with Crippen molar-refractivity contribution in [2.24, 2.45) is 11.7 Å². The molecular weight excluding hydrogens is 204 g/mol. The molecule has 1 rings (SSSR count). The van der Waals surface area contributed by atoms with Crippen molar-refractivity contribution < 1.29 is 0 Å². The zero-order valence-corrected chi connectivity index (χ0v) is 10.9. The summed E-state index contributed by atoms with van der Waals surface area (Å²) in [5.41, 5.74) is 7.41. The highest BCUT2D eigenvalue weighted by atomic mass is 32.1. The van der Waals surface area contributed by atoms with Crippen LogP contribution in [-0.2, 0) is 0 Å². The van der Waals surface area contributed by atoms with Gasteiger partial charge in [0.2, 0.25) is 0 Å². The molecule has 2 atom stereocenters. The predicted octanol–water partition coefficient (Wildman–Crippen LogP) is 2.72. The summed E-state index contributed by atoms with van der Waals surface area (Å²) in [7, 11) is 2.16. The van der Waals surface area contributed by atoms with Crippen molar-refractivity contribution in [2.45, 2.75) is 32.9 Å². The molecule has 0 aromatic carbocycles.